The number of nitrogens with zero attached hydrogens (tertiary/aromatic N) is 1. The van der Waals surface area contributed by atoms with E-state index in [4.69, 9.17) is 14.2 Å². The number of amides is 1. The first-order valence-electron chi connectivity index (χ1n) is 6.79. The highest BCUT2D eigenvalue weighted by molar-refractivity contribution is 5.82. The highest BCUT2D eigenvalue weighted by atomic mass is 16.6. The number of carbonyl (C=O) groups excluding carboxylic acids is 1. The number of hydrogen-bond acceptors (Lipinski definition) is 5. The predicted octanol–water partition coefficient (Wildman–Crippen LogP) is 3.12. The Bertz CT molecular complexity index is 548. The van der Waals surface area contributed by atoms with Crippen molar-refractivity contribution in [3.05, 3.63) is 36.4 Å². The smallest absolute Gasteiger partial charge is 0.428 e. The van der Waals surface area contributed by atoms with E-state index in [9.17, 15) is 4.79 Å². The van der Waals surface area contributed by atoms with Crippen LogP contribution in [0, 0.1) is 0 Å². The Morgan fingerprint density at radius 3 is 2.68 bits per heavy atom. The molecular formula is C16H22N2O4. The summed E-state index contributed by atoms with van der Waals surface area (Å²) in [6.45, 7) is 9.33. The van der Waals surface area contributed by atoms with E-state index in [1.807, 2.05) is 0 Å². The molecule has 0 atom stereocenters. The van der Waals surface area contributed by atoms with Crippen molar-refractivity contribution in [3.8, 4) is 11.5 Å². The van der Waals surface area contributed by atoms with Gasteiger partial charge >= 0.3 is 6.09 Å². The fourth-order valence-corrected chi connectivity index (χ4v) is 1.49. The predicted molar refractivity (Wildman–Crippen MR) is 85.6 cm³/mol. The van der Waals surface area contributed by atoms with Crippen LogP contribution in [-0.4, -0.2) is 31.6 Å². The SMILES string of the molecule is C=CCOc1ccc(/C=N/NC(=O)OC(C)(C)C)cc1OC. The maximum atomic E-state index is 11.4. The molecule has 1 aromatic carbocycles. The van der Waals surface area contributed by atoms with Gasteiger partial charge in [0.2, 0.25) is 0 Å². The summed E-state index contributed by atoms with van der Waals surface area (Å²) in [5, 5.41) is 3.83. The fraction of sp³-hybridized carbons (Fsp3) is 0.375. The minimum absolute atomic E-state index is 0.393. The molecule has 0 unspecified atom stereocenters. The number of hydrazone groups is 1. The van der Waals surface area contributed by atoms with Crippen LogP contribution in [0.25, 0.3) is 0 Å². The van der Waals surface area contributed by atoms with Crippen LogP contribution >= 0.6 is 0 Å². The molecule has 0 aliphatic carbocycles. The van der Waals surface area contributed by atoms with Crippen molar-refractivity contribution in [1.82, 2.24) is 5.43 Å². The molecule has 0 fully saturated rings. The van der Waals surface area contributed by atoms with Gasteiger partial charge in [-0.15, -0.1) is 0 Å². The summed E-state index contributed by atoms with van der Waals surface area (Å²) in [5.41, 5.74) is 2.48. The summed E-state index contributed by atoms with van der Waals surface area (Å²) < 4.78 is 15.8. The van der Waals surface area contributed by atoms with Gasteiger partial charge in [0.25, 0.3) is 0 Å². The highest BCUT2D eigenvalue weighted by Crippen LogP contribution is 2.27. The first-order valence-corrected chi connectivity index (χ1v) is 6.79. The van der Waals surface area contributed by atoms with Crippen molar-refractivity contribution in [2.75, 3.05) is 13.7 Å². The molecule has 6 nitrogen and oxygen atoms in total. The van der Waals surface area contributed by atoms with E-state index in [0.717, 1.165) is 5.56 Å². The lowest BCUT2D eigenvalue weighted by Crippen LogP contribution is -2.29. The Kier molecular flexibility index (Phi) is 6.44. The van der Waals surface area contributed by atoms with E-state index in [1.165, 1.54) is 6.21 Å². The van der Waals surface area contributed by atoms with Gasteiger partial charge in [0, 0.05) is 0 Å². The molecule has 0 bridgehead atoms. The van der Waals surface area contributed by atoms with Gasteiger partial charge in [-0.3, -0.25) is 0 Å². The monoisotopic (exact) mass is 306 g/mol. The first kappa shape index (κ1) is 17.6. The second-order valence-electron chi connectivity index (χ2n) is 5.38. The summed E-state index contributed by atoms with van der Waals surface area (Å²) >= 11 is 0. The van der Waals surface area contributed by atoms with Gasteiger partial charge < -0.3 is 14.2 Å². The van der Waals surface area contributed by atoms with Gasteiger partial charge in [0.05, 0.1) is 13.3 Å². The summed E-state index contributed by atoms with van der Waals surface area (Å²) in [7, 11) is 1.55. The van der Waals surface area contributed by atoms with Crippen LogP contribution in [0.1, 0.15) is 26.3 Å². The number of hydrogen-bond donors (Lipinski definition) is 1. The molecule has 0 aliphatic heterocycles. The van der Waals surface area contributed by atoms with E-state index >= 15 is 0 Å². The second-order valence-corrected chi connectivity index (χ2v) is 5.38. The van der Waals surface area contributed by atoms with Crippen molar-refractivity contribution in [3.63, 3.8) is 0 Å². The first-order chi connectivity index (χ1) is 10.4. The van der Waals surface area contributed by atoms with E-state index < -0.39 is 11.7 Å². The normalized spacial score (nSPS) is 11.1. The summed E-state index contributed by atoms with van der Waals surface area (Å²) in [6, 6.07) is 5.30. The van der Waals surface area contributed by atoms with Gasteiger partial charge in [0.1, 0.15) is 12.2 Å². The van der Waals surface area contributed by atoms with Gasteiger partial charge in [0.15, 0.2) is 11.5 Å². The largest absolute Gasteiger partial charge is 0.493 e. The van der Waals surface area contributed by atoms with Crippen LogP contribution in [0.2, 0.25) is 0 Å². The van der Waals surface area contributed by atoms with Crippen LogP contribution in [0.4, 0.5) is 4.79 Å². The Balaban J connectivity index is 2.67. The quantitative estimate of drug-likeness (QED) is 0.498. The Morgan fingerprint density at radius 2 is 2.09 bits per heavy atom. The molecule has 22 heavy (non-hydrogen) atoms. The van der Waals surface area contributed by atoms with Crippen molar-refractivity contribution in [1.29, 1.82) is 0 Å². The van der Waals surface area contributed by atoms with Gasteiger partial charge in [-0.05, 0) is 44.5 Å². The lowest BCUT2D eigenvalue weighted by atomic mass is 10.2. The molecule has 6 heteroatoms. The Labute approximate surface area is 130 Å². The van der Waals surface area contributed by atoms with Crippen molar-refractivity contribution < 1.29 is 19.0 Å². The van der Waals surface area contributed by atoms with Gasteiger partial charge in [-0.25, -0.2) is 10.2 Å². The van der Waals surface area contributed by atoms with Crippen LogP contribution < -0.4 is 14.9 Å². The second kappa shape index (κ2) is 8.07. The molecule has 0 aromatic heterocycles. The minimum atomic E-state index is -0.610. The molecular weight excluding hydrogens is 284 g/mol. The molecule has 0 saturated carbocycles. The average molecular weight is 306 g/mol. The summed E-state index contributed by atoms with van der Waals surface area (Å²) in [6.07, 6.45) is 2.53. The van der Waals surface area contributed by atoms with Gasteiger partial charge in [-0.1, -0.05) is 12.7 Å². The van der Waals surface area contributed by atoms with Crippen LogP contribution in [0.15, 0.2) is 36.0 Å². The average Bonchev–Trinajstić information content (AvgIpc) is 2.43. The molecule has 0 heterocycles. The third-order valence-corrected chi connectivity index (χ3v) is 2.31. The highest BCUT2D eigenvalue weighted by Gasteiger charge is 2.15. The molecule has 1 rings (SSSR count). The van der Waals surface area contributed by atoms with Crippen molar-refractivity contribution in [2.45, 2.75) is 26.4 Å². The van der Waals surface area contributed by atoms with Crippen molar-refractivity contribution >= 4 is 12.3 Å². The van der Waals surface area contributed by atoms with Gasteiger partial charge in [-0.2, -0.15) is 5.10 Å². The maximum Gasteiger partial charge on any atom is 0.428 e. The molecule has 0 saturated heterocycles. The molecule has 120 valence electrons. The molecule has 1 amide bonds. The Morgan fingerprint density at radius 1 is 1.36 bits per heavy atom. The van der Waals surface area contributed by atoms with E-state index in [0.29, 0.717) is 18.1 Å². The molecule has 0 aliphatic rings. The lowest BCUT2D eigenvalue weighted by molar-refractivity contribution is 0.0529. The van der Waals surface area contributed by atoms with Crippen molar-refractivity contribution in [2.24, 2.45) is 5.10 Å². The zero-order valence-corrected chi connectivity index (χ0v) is 13.4. The van der Waals surface area contributed by atoms with Crippen LogP contribution in [0.3, 0.4) is 0 Å². The minimum Gasteiger partial charge on any atom is -0.493 e. The number of nitrogens with one attached hydrogen (secondary N) is 1. The maximum absolute atomic E-state index is 11.4. The summed E-state index contributed by atoms with van der Waals surface area (Å²) in [4.78, 5) is 11.4. The van der Waals surface area contributed by atoms with Crippen LogP contribution in [0.5, 0.6) is 11.5 Å². The number of carbonyl (C=O) groups is 1. The Hall–Kier alpha value is -2.50. The fourth-order valence-electron chi connectivity index (χ4n) is 1.49. The lowest BCUT2D eigenvalue weighted by Gasteiger charge is -2.18. The van der Waals surface area contributed by atoms with E-state index in [2.05, 4.69) is 17.1 Å². The molecule has 1 aromatic rings. The molecule has 0 radical (unpaired) electrons. The molecule has 0 spiro atoms. The third kappa shape index (κ3) is 6.30. The topological polar surface area (TPSA) is 69.2 Å². The van der Waals surface area contributed by atoms with E-state index in [1.54, 1.807) is 52.2 Å². The van der Waals surface area contributed by atoms with E-state index in [-0.39, 0.29) is 0 Å². The number of ether oxygens (including phenoxy) is 3. The zero-order chi connectivity index (χ0) is 16.6. The molecule has 1 N–H and O–H groups in total. The number of rotatable bonds is 6. The van der Waals surface area contributed by atoms with Crippen LogP contribution in [-0.2, 0) is 4.74 Å². The standard InChI is InChI=1S/C16H22N2O4/c1-6-9-21-13-8-7-12(10-14(13)20-5)11-17-18-15(19)22-16(2,3)4/h6-8,10-11H,1,9H2,2-5H3,(H,18,19)/b17-11+. The summed E-state index contributed by atoms with van der Waals surface area (Å²) in [5.74, 6) is 1.18. The number of methoxy groups -OCH3 is 1. The third-order valence-electron chi connectivity index (χ3n) is 2.31. The zero-order valence-electron chi connectivity index (χ0n) is 13.4. The number of benzene rings is 1.